The van der Waals surface area contributed by atoms with Gasteiger partial charge in [0, 0.05) is 12.5 Å². The normalized spacial score (nSPS) is 14.2. The molecule has 21 heavy (non-hydrogen) atoms. The third-order valence-electron chi connectivity index (χ3n) is 3.27. The molecule has 0 fully saturated rings. The standard InChI is InChI=1S/C13H18N2O5S/c1-8(9(2)13(17)18)12(16)15-7-10-3-5-11(6-4-10)21(14,19)20/h3-6,8-9H,7H2,1-2H3,(H,15,16)(H,17,18)(H2,14,19,20). The van der Waals surface area contributed by atoms with Gasteiger partial charge in [0.05, 0.1) is 10.8 Å². The van der Waals surface area contributed by atoms with Crippen LogP contribution in [0.5, 0.6) is 0 Å². The predicted octanol–water partition coefficient (Wildman–Crippen LogP) is 0.307. The van der Waals surface area contributed by atoms with E-state index in [0.29, 0.717) is 5.56 Å². The summed E-state index contributed by atoms with van der Waals surface area (Å²) in [5.41, 5.74) is 0.686. The highest BCUT2D eigenvalue weighted by molar-refractivity contribution is 7.89. The number of rotatable bonds is 6. The number of sulfonamides is 1. The van der Waals surface area contributed by atoms with Crippen molar-refractivity contribution >= 4 is 21.9 Å². The highest BCUT2D eigenvalue weighted by Gasteiger charge is 2.25. The van der Waals surface area contributed by atoms with E-state index < -0.39 is 27.8 Å². The zero-order valence-corrected chi connectivity index (χ0v) is 12.6. The number of hydrogen-bond donors (Lipinski definition) is 3. The van der Waals surface area contributed by atoms with Crippen LogP contribution in [-0.4, -0.2) is 25.4 Å². The maximum Gasteiger partial charge on any atom is 0.307 e. The van der Waals surface area contributed by atoms with E-state index in [1.54, 1.807) is 0 Å². The van der Waals surface area contributed by atoms with E-state index in [0.717, 1.165) is 0 Å². The van der Waals surface area contributed by atoms with Crippen molar-refractivity contribution in [3.8, 4) is 0 Å². The molecule has 0 saturated carbocycles. The summed E-state index contributed by atoms with van der Waals surface area (Å²) in [6.07, 6.45) is 0. The van der Waals surface area contributed by atoms with Crippen molar-refractivity contribution in [1.82, 2.24) is 5.32 Å². The number of carbonyl (C=O) groups is 2. The summed E-state index contributed by atoms with van der Waals surface area (Å²) in [7, 11) is -3.74. The molecule has 2 atom stereocenters. The first-order valence-corrected chi connectivity index (χ1v) is 7.80. The van der Waals surface area contributed by atoms with E-state index in [1.807, 2.05) is 0 Å². The van der Waals surface area contributed by atoms with Crippen molar-refractivity contribution in [2.24, 2.45) is 17.0 Å². The predicted molar refractivity (Wildman–Crippen MR) is 75.6 cm³/mol. The van der Waals surface area contributed by atoms with E-state index in [1.165, 1.54) is 38.1 Å². The first kappa shape index (κ1) is 17.1. The number of benzene rings is 1. The molecule has 0 spiro atoms. The van der Waals surface area contributed by atoms with E-state index in [2.05, 4.69) is 5.32 Å². The van der Waals surface area contributed by atoms with Crippen LogP contribution in [0.25, 0.3) is 0 Å². The molecule has 1 aromatic rings. The Kier molecular flexibility index (Phi) is 5.45. The topological polar surface area (TPSA) is 127 Å². The monoisotopic (exact) mass is 314 g/mol. The van der Waals surface area contributed by atoms with Crippen molar-refractivity contribution in [3.05, 3.63) is 29.8 Å². The Morgan fingerprint density at radius 2 is 1.71 bits per heavy atom. The number of nitrogens with one attached hydrogen (secondary N) is 1. The SMILES string of the molecule is CC(C(=O)O)C(C)C(=O)NCc1ccc(S(N)(=O)=O)cc1. The highest BCUT2D eigenvalue weighted by Crippen LogP contribution is 2.12. The Labute approximate surface area is 123 Å². The summed E-state index contributed by atoms with van der Waals surface area (Å²) in [6, 6.07) is 5.76. The van der Waals surface area contributed by atoms with Gasteiger partial charge in [0.15, 0.2) is 0 Å². The Hall–Kier alpha value is -1.93. The van der Waals surface area contributed by atoms with Crippen LogP contribution in [-0.2, 0) is 26.2 Å². The minimum atomic E-state index is -3.74. The second-order valence-corrected chi connectivity index (χ2v) is 6.38. The van der Waals surface area contributed by atoms with Gasteiger partial charge in [-0.15, -0.1) is 0 Å². The van der Waals surface area contributed by atoms with Crippen LogP contribution in [0.15, 0.2) is 29.2 Å². The molecule has 0 aliphatic heterocycles. The minimum Gasteiger partial charge on any atom is -0.481 e. The van der Waals surface area contributed by atoms with Crippen molar-refractivity contribution in [2.45, 2.75) is 25.3 Å². The lowest BCUT2D eigenvalue weighted by atomic mass is 9.95. The number of primary sulfonamides is 1. The summed E-state index contributed by atoms with van der Waals surface area (Å²) in [6.45, 7) is 3.19. The molecule has 0 aromatic heterocycles. The van der Waals surface area contributed by atoms with Gasteiger partial charge in [-0.25, -0.2) is 13.6 Å². The summed E-state index contributed by atoms with van der Waals surface area (Å²) in [5.74, 6) is -2.85. The molecule has 116 valence electrons. The summed E-state index contributed by atoms with van der Waals surface area (Å²) >= 11 is 0. The zero-order valence-electron chi connectivity index (χ0n) is 11.7. The zero-order chi connectivity index (χ0) is 16.2. The Bertz CT molecular complexity index is 624. The van der Waals surface area contributed by atoms with Crippen molar-refractivity contribution < 1.29 is 23.1 Å². The van der Waals surface area contributed by atoms with Crippen molar-refractivity contribution in [2.75, 3.05) is 0 Å². The maximum atomic E-state index is 11.8. The van der Waals surface area contributed by atoms with Crippen LogP contribution >= 0.6 is 0 Å². The molecule has 4 N–H and O–H groups in total. The molecule has 7 nitrogen and oxygen atoms in total. The third-order valence-corrected chi connectivity index (χ3v) is 4.20. The summed E-state index contributed by atoms with van der Waals surface area (Å²) in [5, 5.41) is 16.4. The number of hydrogen-bond acceptors (Lipinski definition) is 4. The van der Waals surface area contributed by atoms with Gasteiger partial charge >= 0.3 is 5.97 Å². The number of carboxylic acids is 1. The molecule has 0 heterocycles. The second kappa shape index (κ2) is 6.68. The number of carboxylic acid groups (broad SMARTS) is 1. The van der Waals surface area contributed by atoms with Gasteiger partial charge in [0.1, 0.15) is 0 Å². The smallest absolute Gasteiger partial charge is 0.307 e. The first-order valence-electron chi connectivity index (χ1n) is 6.25. The van der Waals surface area contributed by atoms with Gasteiger partial charge < -0.3 is 10.4 Å². The fourth-order valence-electron chi connectivity index (χ4n) is 1.59. The molecular formula is C13H18N2O5S. The van der Waals surface area contributed by atoms with E-state index >= 15 is 0 Å². The van der Waals surface area contributed by atoms with Crippen LogP contribution in [0.3, 0.4) is 0 Å². The molecule has 0 aliphatic rings. The van der Waals surface area contributed by atoms with Crippen molar-refractivity contribution in [1.29, 1.82) is 0 Å². The highest BCUT2D eigenvalue weighted by atomic mass is 32.2. The Balaban J connectivity index is 2.64. The second-order valence-electron chi connectivity index (χ2n) is 4.82. The maximum absolute atomic E-state index is 11.8. The van der Waals surface area contributed by atoms with E-state index in [9.17, 15) is 18.0 Å². The third kappa shape index (κ3) is 4.83. The van der Waals surface area contributed by atoms with Crippen LogP contribution in [0, 0.1) is 11.8 Å². The number of nitrogens with two attached hydrogens (primary N) is 1. The molecular weight excluding hydrogens is 296 g/mol. The largest absolute Gasteiger partial charge is 0.481 e. The molecule has 2 unspecified atom stereocenters. The van der Waals surface area contributed by atoms with Gasteiger partial charge in [0.2, 0.25) is 15.9 Å². The molecule has 0 bridgehead atoms. The van der Waals surface area contributed by atoms with E-state index in [-0.39, 0.29) is 17.3 Å². The summed E-state index contributed by atoms with van der Waals surface area (Å²) in [4.78, 5) is 22.6. The van der Waals surface area contributed by atoms with Gasteiger partial charge in [-0.1, -0.05) is 26.0 Å². The average molecular weight is 314 g/mol. The lowest BCUT2D eigenvalue weighted by Gasteiger charge is -2.15. The van der Waals surface area contributed by atoms with Gasteiger partial charge in [0.25, 0.3) is 0 Å². The number of aliphatic carboxylic acids is 1. The molecule has 0 aliphatic carbocycles. The minimum absolute atomic E-state index is 0.00885. The molecule has 0 radical (unpaired) electrons. The molecule has 8 heteroatoms. The lowest BCUT2D eigenvalue weighted by Crippen LogP contribution is -2.34. The Morgan fingerprint density at radius 1 is 1.19 bits per heavy atom. The summed E-state index contributed by atoms with van der Waals surface area (Å²) < 4.78 is 22.2. The van der Waals surface area contributed by atoms with E-state index in [4.69, 9.17) is 10.2 Å². The fraction of sp³-hybridized carbons (Fsp3) is 0.385. The van der Waals surface area contributed by atoms with Gasteiger partial charge in [-0.05, 0) is 17.7 Å². The van der Waals surface area contributed by atoms with Crippen LogP contribution in [0.2, 0.25) is 0 Å². The van der Waals surface area contributed by atoms with Gasteiger partial charge in [-0.3, -0.25) is 9.59 Å². The van der Waals surface area contributed by atoms with Crippen molar-refractivity contribution in [3.63, 3.8) is 0 Å². The lowest BCUT2D eigenvalue weighted by molar-refractivity contribution is -0.146. The quantitative estimate of drug-likeness (QED) is 0.696. The molecule has 1 rings (SSSR count). The van der Waals surface area contributed by atoms with Crippen LogP contribution in [0.1, 0.15) is 19.4 Å². The number of amides is 1. The average Bonchev–Trinajstić information content (AvgIpc) is 2.42. The molecule has 1 amide bonds. The first-order chi connectivity index (χ1) is 9.62. The molecule has 1 aromatic carbocycles. The van der Waals surface area contributed by atoms with Crippen LogP contribution < -0.4 is 10.5 Å². The fourth-order valence-corrected chi connectivity index (χ4v) is 2.10. The van der Waals surface area contributed by atoms with Crippen LogP contribution in [0.4, 0.5) is 0 Å². The van der Waals surface area contributed by atoms with Gasteiger partial charge in [-0.2, -0.15) is 0 Å². The number of carbonyl (C=O) groups excluding carboxylic acids is 1. The molecule has 0 saturated heterocycles. The Morgan fingerprint density at radius 3 is 2.14 bits per heavy atom.